The summed E-state index contributed by atoms with van der Waals surface area (Å²) in [7, 11) is 1.44. The molecule has 0 saturated heterocycles. The quantitative estimate of drug-likeness (QED) is 0.650. The summed E-state index contributed by atoms with van der Waals surface area (Å²) in [6.07, 6.45) is 4.94. The minimum Gasteiger partial charge on any atom is -0.481 e. The number of aliphatic carboxylic acids is 1. The van der Waals surface area contributed by atoms with Gasteiger partial charge in [0.25, 0.3) is 0 Å². The first-order chi connectivity index (χ1) is 7.63. The number of carbonyl (C=O) groups is 2. The Labute approximate surface area is 94.5 Å². The van der Waals surface area contributed by atoms with E-state index >= 15 is 0 Å². The van der Waals surface area contributed by atoms with Crippen molar-refractivity contribution in [2.45, 2.75) is 25.4 Å². The summed E-state index contributed by atoms with van der Waals surface area (Å²) in [5.41, 5.74) is 0. The summed E-state index contributed by atoms with van der Waals surface area (Å²) >= 11 is 0. The Morgan fingerprint density at radius 1 is 1.50 bits per heavy atom. The van der Waals surface area contributed by atoms with Crippen LogP contribution in [0.2, 0.25) is 0 Å². The maximum Gasteiger partial charge on any atom is 0.306 e. The minimum atomic E-state index is -0.927. The molecule has 1 amide bonds. The van der Waals surface area contributed by atoms with Crippen LogP contribution < -0.4 is 5.32 Å². The van der Waals surface area contributed by atoms with Crippen molar-refractivity contribution in [1.29, 1.82) is 0 Å². The van der Waals surface area contributed by atoms with Gasteiger partial charge in [0, 0.05) is 19.6 Å². The number of allylic oxidation sites excluding steroid dienone is 2. The van der Waals surface area contributed by atoms with Gasteiger partial charge in [-0.15, -0.1) is 0 Å². The Bertz CT molecular complexity index is 280. The highest BCUT2D eigenvalue weighted by Gasteiger charge is 2.20. The second-order valence-electron chi connectivity index (χ2n) is 3.84. The molecular weight excluding hydrogens is 210 g/mol. The van der Waals surface area contributed by atoms with E-state index in [1.807, 2.05) is 12.2 Å². The number of nitrogens with one attached hydrogen (secondary N) is 1. The maximum absolute atomic E-state index is 11.6. The standard InChI is InChI=1S/C11H17NO4/c1-16-9(6-10(13)14)7-12-11(15)8-4-2-3-5-8/h2-3,8-9H,4-7H2,1H3,(H,12,15)(H,13,14). The van der Waals surface area contributed by atoms with Crippen molar-refractivity contribution in [3.8, 4) is 0 Å². The summed E-state index contributed by atoms with van der Waals surface area (Å²) in [6, 6.07) is 0. The van der Waals surface area contributed by atoms with E-state index in [9.17, 15) is 9.59 Å². The molecule has 1 unspecified atom stereocenters. The topological polar surface area (TPSA) is 75.6 Å². The van der Waals surface area contributed by atoms with Crippen molar-refractivity contribution in [2.24, 2.45) is 5.92 Å². The van der Waals surface area contributed by atoms with Crippen LogP contribution in [-0.4, -0.2) is 36.7 Å². The van der Waals surface area contributed by atoms with Gasteiger partial charge in [-0.1, -0.05) is 12.2 Å². The Morgan fingerprint density at radius 3 is 2.62 bits per heavy atom. The molecule has 0 aromatic rings. The van der Waals surface area contributed by atoms with Gasteiger partial charge in [-0.3, -0.25) is 9.59 Å². The van der Waals surface area contributed by atoms with Gasteiger partial charge < -0.3 is 15.2 Å². The fraction of sp³-hybridized carbons (Fsp3) is 0.636. The van der Waals surface area contributed by atoms with Crippen LogP contribution in [0.4, 0.5) is 0 Å². The van der Waals surface area contributed by atoms with Crippen LogP contribution in [0, 0.1) is 5.92 Å². The lowest BCUT2D eigenvalue weighted by Crippen LogP contribution is -2.37. The number of carbonyl (C=O) groups excluding carboxylic acids is 1. The molecule has 0 heterocycles. The predicted molar refractivity (Wildman–Crippen MR) is 57.9 cm³/mol. The van der Waals surface area contributed by atoms with E-state index < -0.39 is 12.1 Å². The molecule has 0 saturated carbocycles. The Morgan fingerprint density at radius 2 is 2.12 bits per heavy atom. The number of carboxylic acid groups (broad SMARTS) is 1. The van der Waals surface area contributed by atoms with Crippen LogP contribution in [0.25, 0.3) is 0 Å². The van der Waals surface area contributed by atoms with Crippen LogP contribution in [0.3, 0.4) is 0 Å². The summed E-state index contributed by atoms with van der Waals surface area (Å²) in [4.78, 5) is 22.1. The molecule has 1 aliphatic rings. The molecule has 0 radical (unpaired) electrons. The number of ether oxygens (including phenoxy) is 1. The summed E-state index contributed by atoms with van der Waals surface area (Å²) in [5, 5.41) is 11.3. The molecule has 2 N–H and O–H groups in total. The van der Waals surface area contributed by atoms with Gasteiger partial charge >= 0.3 is 5.97 Å². The summed E-state index contributed by atoms with van der Waals surface area (Å²) in [5.74, 6) is -0.955. The molecular formula is C11H17NO4. The van der Waals surface area contributed by atoms with Crippen LogP contribution in [0.1, 0.15) is 19.3 Å². The lowest BCUT2D eigenvalue weighted by Gasteiger charge is -2.16. The number of rotatable bonds is 6. The van der Waals surface area contributed by atoms with E-state index in [-0.39, 0.29) is 24.8 Å². The van der Waals surface area contributed by atoms with Gasteiger partial charge in [-0.05, 0) is 12.8 Å². The fourth-order valence-corrected chi connectivity index (χ4v) is 1.62. The molecule has 0 fully saturated rings. The smallest absolute Gasteiger partial charge is 0.306 e. The van der Waals surface area contributed by atoms with Crippen LogP contribution >= 0.6 is 0 Å². The van der Waals surface area contributed by atoms with Crippen molar-refractivity contribution < 1.29 is 19.4 Å². The number of carboxylic acids is 1. The third kappa shape index (κ3) is 4.02. The zero-order valence-corrected chi connectivity index (χ0v) is 9.31. The molecule has 0 spiro atoms. The molecule has 5 heteroatoms. The lowest BCUT2D eigenvalue weighted by atomic mass is 10.1. The van der Waals surface area contributed by atoms with Gasteiger partial charge in [-0.2, -0.15) is 0 Å². The lowest BCUT2D eigenvalue weighted by molar-refractivity contribution is -0.140. The SMILES string of the molecule is COC(CNC(=O)C1CC=CC1)CC(=O)O. The first-order valence-corrected chi connectivity index (χ1v) is 5.30. The maximum atomic E-state index is 11.6. The van der Waals surface area contributed by atoms with E-state index in [2.05, 4.69) is 5.32 Å². The van der Waals surface area contributed by atoms with Crippen molar-refractivity contribution >= 4 is 11.9 Å². The van der Waals surface area contributed by atoms with Crippen molar-refractivity contribution in [2.75, 3.05) is 13.7 Å². The first kappa shape index (κ1) is 12.7. The molecule has 0 aromatic carbocycles. The second-order valence-corrected chi connectivity index (χ2v) is 3.84. The van der Waals surface area contributed by atoms with Gasteiger partial charge in [0.2, 0.25) is 5.91 Å². The Kier molecular flexibility index (Phi) is 4.98. The largest absolute Gasteiger partial charge is 0.481 e. The minimum absolute atomic E-state index is 0.00216. The third-order valence-corrected chi connectivity index (χ3v) is 2.62. The highest BCUT2D eigenvalue weighted by atomic mass is 16.5. The summed E-state index contributed by atoms with van der Waals surface area (Å²) in [6.45, 7) is 0.248. The zero-order chi connectivity index (χ0) is 12.0. The fourth-order valence-electron chi connectivity index (χ4n) is 1.62. The third-order valence-electron chi connectivity index (χ3n) is 2.62. The molecule has 1 aliphatic carbocycles. The number of hydrogen-bond donors (Lipinski definition) is 2. The molecule has 1 rings (SSSR count). The monoisotopic (exact) mass is 227 g/mol. The van der Waals surface area contributed by atoms with Crippen molar-refractivity contribution in [3.63, 3.8) is 0 Å². The number of hydrogen-bond acceptors (Lipinski definition) is 3. The average Bonchev–Trinajstić information content (AvgIpc) is 2.76. The van der Waals surface area contributed by atoms with E-state index in [0.29, 0.717) is 0 Å². The van der Waals surface area contributed by atoms with Gasteiger partial charge in [-0.25, -0.2) is 0 Å². The molecule has 5 nitrogen and oxygen atoms in total. The molecule has 0 aromatic heterocycles. The van der Waals surface area contributed by atoms with E-state index in [1.54, 1.807) is 0 Å². The Hall–Kier alpha value is -1.36. The van der Waals surface area contributed by atoms with Crippen molar-refractivity contribution in [1.82, 2.24) is 5.32 Å². The molecule has 16 heavy (non-hydrogen) atoms. The summed E-state index contributed by atoms with van der Waals surface area (Å²) < 4.78 is 4.96. The van der Waals surface area contributed by atoms with Gasteiger partial charge in [0.1, 0.15) is 0 Å². The predicted octanol–water partition coefficient (Wildman–Crippen LogP) is 0.558. The van der Waals surface area contributed by atoms with E-state index in [1.165, 1.54) is 7.11 Å². The van der Waals surface area contributed by atoms with Gasteiger partial charge in [0.05, 0.1) is 12.5 Å². The van der Waals surface area contributed by atoms with E-state index in [4.69, 9.17) is 9.84 Å². The highest BCUT2D eigenvalue weighted by molar-refractivity contribution is 5.79. The van der Waals surface area contributed by atoms with E-state index in [0.717, 1.165) is 12.8 Å². The Balaban J connectivity index is 2.26. The number of amides is 1. The van der Waals surface area contributed by atoms with Crippen LogP contribution in [0.5, 0.6) is 0 Å². The molecule has 1 atom stereocenters. The average molecular weight is 227 g/mol. The normalized spacial score (nSPS) is 17.3. The van der Waals surface area contributed by atoms with Crippen molar-refractivity contribution in [3.05, 3.63) is 12.2 Å². The molecule has 0 bridgehead atoms. The first-order valence-electron chi connectivity index (χ1n) is 5.30. The van der Waals surface area contributed by atoms with Crippen LogP contribution in [0.15, 0.2) is 12.2 Å². The molecule has 90 valence electrons. The highest BCUT2D eigenvalue weighted by Crippen LogP contribution is 2.17. The van der Waals surface area contributed by atoms with Gasteiger partial charge in [0.15, 0.2) is 0 Å². The number of methoxy groups -OCH3 is 1. The second kappa shape index (κ2) is 6.27. The zero-order valence-electron chi connectivity index (χ0n) is 9.31. The van der Waals surface area contributed by atoms with Crippen LogP contribution in [-0.2, 0) is 14.3 Å². The molecule has 0 aliphatic heterocycles.